The zero-order valence-corrected chi connectivity index (χ0v) is 20.7. The summed E-state index contributed by atoms with van der Waals surface area (Å²) in [5, 5.41) is 8.80. The Hall–Kier alpha value is -2.97. The van der Waals surface area contributed by atoms with E-state index in [4.69, 9.17) is 4.98 Å². The Balaban J connectivity index is 1.57. The molecule has 1 N–H and O–H groups in total. The first kappa shape index (κ1) is 22.8. The summed E-state index contributed by atoms with van der Waals surface area (Å²) in [5.41, 5.74) is 3.32. The summed E-state index contributed by atoms with van der Waals surface area (Å²) in [6, 6.07) is 11.7. The van der Waals surface area contributed by atoms with Crippen LogP contribution < -0.4 is 5.32 Å². The van der Waals surface area contributed by atoms with Crippen molar-refractivity contribution in [3.05, 3.63) is 66.7 Å². The second-order valence-corrected chi connectivity index (χ2v) is 11.4. The van der Waals surface area contributed by atoms with Crippen molar-refractivity contribution in [2.24, 2.45) is 7.05 Å². The fourth-order valence-corrected chi connectivity index (χ4v) is 6.41. The Labute approximate surface area is 200 Å². The SMILES string of the molecule is CC(C)N[C@H]1CC[C@@H](c2cnc3c(c2)c(-c2cnn(C)c2)cn3S(=O)(=O)c2ccccc2)CC1. The lowest BCUT2D eigenvalue weighted by Crippen LogP contribution is -2.37. The Morgan fingerprint density at radius 2 is 1.76 bits per heavy atom. The number of aryl methyl sites for hydroxylation is 1. The molecule has 0 bridgehead atoms. The molecule has 1 saturated carbocycles. The van der Waals surface area contributed by atoms with Crippen LogP contribution in [-0.4, -0.2) is 39.2 Å². The summed E-state index contributed by atoms with van der Waals surface area (Å²) in [6.45, 7) is 4.39. The number of nitrogens with zero attached hydrogens (tertiary/aromatic N) is 4. The summed E-state index contributed by atoms with van der Waals surface area (Å²) in [6.07, 6.45) is 11.7. The first-order valence-electron chi connectivity index (χ1n) is 11.9. The van der Waals surface area contributed by atoms with E-state index in [1.165, 1.54) is 9.54 Å². The Kier molecular flexibility index (Phi) is 6.04. The predicted octanol–water partition coefficient (Wildman–Crippen LogP) is 4.70. The van der Waals surface area contributed by atoms with Crippen molar-refractivity contribution in [3.63, 3.8) is 0 Å². The van der Waals surface area contributed by atoms with E-state index in [1.807, 2.05) is 25.5 Å². The van der Waals surface area contributed by atoms with Crippen LogP contribution in [-0.2, 0) is 17.1 Å². The average molecular weight is 478 g/mol. The minimum absolute atomic E-state index is 0.242. The second-order valence-electron chi connectivity index (χ2n) is 9.57. The fraction of sp³-hybridized carbons (Fsp3) is 0.385. The number of benzene rings is 1. The van der Waals surface area contributed by atoms with Crippen molar-refractivity contribution in [1.29, 1.82) is 0 Å². The van der Waals surface area contributed by atoms with Crippen LogP contribution in [0.25, 0.3) is 22.2 Å². The van der Waals surface area contributed by atoms with Crippen LogP contribution in [0.2, 0.25) is 0 Å². The lowest BCUT2D eigenvalue weighted by atomic mass is 9.82. The maximum atomic E-state index is 13.5. The summed E-state index contributed by atoms with van der Waals surface area (Å²) < 4.78 is 30.0. The molecule has 5 rings (SSSR count). The van der Waals surface area contributed by atoms with Gasteiger partial charge in [0.25, 0.3) is 10.0 Å². The van der Waals surface area contributed by atoms with Crippen LogP contribution in [0.4, 0.5) is 0 Å². The third-order valence-corrected chi connectivity index (χ3v) is 8.38. The Bertz CT molecular complexity index is 1400. The zero-order valence-electron chi connectivity index (χ0n) is 19.8. The lowest BCUT2D eigenvalue weighted by molar-refractivity contribution is 0.326. The van der Waals surface area contributed by atoms with Crippen LogP contribution in [0.3, 0.4) is 0 Å². The smallest absolute Gasteiger partial charge is 0.269 e. The van der Waals surface area contributed by atoms with Crippen LogP contribution in [0.5, 0.6) is 0 Å². The van der Waals surface area contributed by atoms with Crippen molar-refractivity contribution >= 4 is 21.1 Å². The fourth-order valence-electron chi connectivity index (χ4n) is 5.06. The van der Waals surface area contributed by atoms with E-state index >= 15 is 0 Å². The maximum Gasteiger partial charge on any atom is 0.269 e. The van der Waals surface area contributed by atoms with E-state index in [-0.39, 0.29) is 4.90 Å². The van der Waals surface area contributed by atoms with Crippen molar-refractivity contribution in [3.8, 4) is 11.1 Å². The zero-order chi connectivity index (χ0) is 23.9. The molecule has 3 heterocycles. The van der Waals surface area contributed by atoms with Gasteiger partial charge in [-0.3, -0.25) is 4.68 Å². The topological polar surface area (TPSA) is 81.8 Å². The molecule has 178 valence electrons. The van der Waals surface area contributed by atoms with E-state index in [2.05, 4.69) is 30.3 Å². The summed E-state index contributed by atoms with van der Waals surface area (Å²) in [5.74, 6) is 0.429. The first-order valence-corrected chi connectivity index (χ1v) is 13.3. The molecule has 1 aromatic carbocycles. The largest absolute Gasteiger partial charge is 0.312 e. The highest BCUT2D eigenvalue weighted by Gasteiger charge is 2.26. The van der Waals surface area contributed by atoms with Gasteiger partial charge in [0.15, 0.2) is 5.65 Å². The molecule has 0 saturated heterocycles. The van der Waals surface area contributed by atoms with Crippen molar-refractivity contribution in [2.45, 2.75) is 62.4 Å². The van der Waals surface area contributed by atoms with Gasteiger partial charge < -0.3 is 5.32 Å². The van der Waals surface area contributed by atoms with E-state index in [0.29, 0.717) is 23.6 Å². The predicted molar refractivity (Wildman–Crippen MR) is 134 cm³/mol. The highest BCUT2D eigenvalue weighted by Crippen LogP contribution is 2.37. The van der Waals surface area contributed by atoms with Gasteiger partial charge in [-0.15, -0.1) is 0 Å². The molecule has 0 aliphatic heterocycles. The molecule has 3 aromatic heterocycles. The number of hydrogen-bond donors (Lipinski definition) is 1. The van der Waals surface area contributed by atoms with Gasteiger partial charge in [0, 0.05) is 54.2 Å². The van der Waals surface area contributed by atoms with Crippen molar-refractivity contribution in [1.82, 2.24) is 24.1 Å². The monoisotopic (exact) mass is 477 g/mol. The Morgan fingerprint density at radius 1 is 1.03 bits per heavy atom. The summed E-state index contributed by atoms with van der Waals surface area (Å²) >= 11 is 0. The van der Waals surface area contributed by atoms with Gasteiger partial charge in [-0.1, -0.05) is 32.0 Å². The molecular weight excluding hydrogens is 446 g/mol. The van der Waals surface area contributed by atoms with Crippen LogP contribution in [0.15, 0.2) is 66.1 Å². The van der Waals surface area contributed by atoms with Crippen LogP contribution in [0.1, 0.15) is 51.0 Å². The van der Waals surface area contributed by atoms with Gasteiger partial charge in [0.2, 0.25) is 0 Å². The van der Waals surface area contributed by atoms with E-state index in [0.717, 1.165) is 42.2 Å². The number of nitrogens with one attached hydrogen (secondary N) is 1. The normalized spacial score (nSPS) is 19.2. The molecule has 1 fully saturated rings. The molecular formula is C26H31N5O2S. The third kappa shape index (κ3) is 4.28. The summed E-state index contributed by atoms with van der Waals surface area (Å²) in [7, 11) is -1.93. The van der Waals surface area contributed by atoms with Gasteiger partial charge in [0.1, 0.15) is 0 Å². The summed E-state index contributed by atoms with van der Waals surface area (Å²) in [4.78, 5) is 4.95. The van der Waals surface area contributed by atoms with Gasteiger partial charge in [0.05, 0.1) is 11.1 Å². The quantitative estimate of drug-likeness (QED) is 0.435. The van der Waals surface area contributed by atoms with Crippen molar-refractivity contribution in [2.75, 3.05) is 0 Å². The van der Waals surface area contributed by atoms with Gasteiger partial charge in [-0.25, -0.2) is 17.4 Å². The van der Waals surface area contributed by atoms with Gasteiger partial charge in [-0.05, 0) is 55.4 Å². The maximum absolute atomic E-state index is 13.5. The minimum atomic E-state index is -3.78. The molecule has 0 atom stereocenters. The molecule has 8 heteroatoms. The molecule has 0 spiro atoms. The van der Waals surface area contributed by atoms with E-state index in [9.17, 15) is 8.42 Å². The second kappa shape index (κ2) is 9.00. The number of pyridine rings is 1. The number of hydrogen-bond acceptors (Lipinski definition) is 5. The van der Waals surface area contributed by atoms with Gasteiger partial charge >= 0.3 is 0 Å². The average Bonchev–Trinajstić information content (AvgIpc) is 3.43. The molecule has 4 aromatic rings. The van der Waals surface area contributed by atoms with Crippen LogP contribution in [0, 0.1) is 0 Å². The molecule has 1 aliphatic carbocycles. The minimum Gasteiger partial charge on any atom is -0.312 e. The molecule has 1 aliphatic rings. The highest BCUT2D eigenvalue weighted by atomic mass is 32.2. The molecule has 34 heavy (non-hydrogen) atoms. The molecule has 0 amide bonds. The standard InChI is InChI=1S/C26H31N5O2S/c1-18(2)29-22-11-9-19(10-12-22)20-13-24-25(21-15-28-30(3)16-21)17-31(26(24)27-14-20)34(32,33)23-7-5-4-6-8-23/h4-8,13-19,22,29H,9-12H2,1-3H3/t19-,22+. The number of rotatable bonds is 6. The Morgan fingerprint density at radius 3 is 2.41 bits per heavy atom. The van der Waals surface area contributed by atoms with Crippen LogP contribution >= 0.6 is 0 Å². The number of fused-ring (bicyclic) bond motifs is 1. The van der Waals surface area contributed by atoms with E-state index < -0.39 is 10.0 Å². The molecule has 0 unspecified atom stereocenters. The van der Waals surface area contributed by atoms with E-state index in [1.54, 1.807) is 41.3 Å². The molecule has 0 radical (unpaired) electrons. The molecule has 7 nitrogen and oxygen atoms in total. The third-order valence-electron chi connectivity index (χ3n) is 6.72. The van der Waals surface area contributed by atoms with Gasteiger partial charge in [-0.2, -0.15) is 5.10 Å². The highest BCUT2D eigenvalue weighted by molar-refractivity contribution is 7.90. The number of aromatic nitrogens is 4. The first-order chi connectivity index (χ1) is 16.3. The lowest BCUT2D eigenvalue weighted by Gasteiger charge is -2.30. The van der Waals surface area contributed by atoms with Crippen molar-refractivity contribution < 1.29 is 8.42 Å².